The minimum absolute atomic E-state index is 0.0342. The molecule has 1 aromatic carbocycles. The van der Waals surface area contributed by atoms with Crippen LogP contribution in [0.5, 0.6) is 0 Å². The van der Waals surface area contributed by atoms with Gasteiger partial charge in [0, 0.05) is 12.5 Å². The van der Waals surface area contributed by atoms with E-state index in [1.165, 1.54) is 19.2 Å². The topological polar surface area (TPSA) is 47.6 Å². The highest BCUT2D eigenvalue weighted by molar-refractivity contribution is 5.76. The lowest BCUT2D eigenvalue weighted by Gasteiger charge is -2.32. The molecule has 1 N–H and O–H groups in total. The molecular formula is C14H16F3NO3. The lowest BCUT2D eigenvalue weighted by atomic mass is 9.97. The summed E-state index contributed by atoms with van der Waals surface area (Å²) in [6, 6.07) is 4.32. The number of nitrogens with one attached hydrogen (secondary N) is 1. The number of hydrogen-bond donors (Lipinski definition) is 1. The molecular weight excluding hydrogens is 287 g/mol. The van der Waals surface area contributed by atoms with Gasteiger partial charge >= 0.3 is 12.1 Å². The minimum atomic E-state index is -4.34. The highest BCUT2D eigenvalue weighted by atomic mass is 19.4. The number of methoxy groups -OCH3 is 1. The molecule has 0 aromatic heterocycles. The second kappa shape index (κ2) is 6.44. The normalized spacial score (nSPS) is 17.1. The first-order valence-electron chi connectivity index (χ1n) is 6.47. The van der Waals surface area contributed by atoms with Crippen molar-refractivity contribution in [2.75, 3.05) is 20.3 Å². The first-order chi connectivity index (χ1) is 9.91. The van der Waals surface area contributed by atoms with E-state index < -0.39 is 23.8 Å². The number of carbonyl (C=O) groups is 1. The Morgan fingerprint density at radius 2 is 2.00 bits per heavy atom. The zero-order chi connectivity index (χ0) is 15.5. The molecule has 1 aliphatic heterocycles. The minimum Gasteiger partial charge on any atom is -0.468 e. The van der Waals surface area contributed by atoms with Gasteiger partial charge in [0.1, 0.15) is 6.04 Å². The Bertz CT molecular complexity index is 483. The van der Waals surface area contributed by atoms with Gasteiger partial charge in [-0.2, -0.15) is 13.2 Å². The van der Waals surface area contributed by atoms with Gasteiger partial charge in [0.25, 0.3) is 0 Å². The molecule has 0 amide bonds. The van der Waals surface area contributed by atoms with E-state index in [0.717, 1.165) is 12.1 Å². The lowest BCUT2D eigenvalue weighted by Crippen LogP contribution is -2.50. The SMILES string of the molecule is COC(=O)C(NCc1ccc(C(F)(F)F)cc1)C1COC1. The van der Waals surface area contributed by atoms with Crippen molar-refractivity contribution in [3.63, 3.8) is 0 Å². The standard InChI is InChI=1S/C14H16F3NO3/c1-20-13(19)12(10-7-21-8-10)18-6-9-2-4-11(5-3-9)14(15,16)17/h2-5,10,12,18H,6-8H2,1H3. The summed E-state index contributed by atoms with van der Waals surface area (Å²) in [5, 5.41) is 3.01. The van der Waals surface area contributed by atoms with Crippen molar-refractivity contribution in [3.8, 4) is 0 Å². The number of ether oxygens (including phenoxy) is 2. The summed E-state index contributed by atoms with van der Waals surface area (Å²) >= 11 is 0. The molecule has 1 aliphatic rings. The van der Waals surface area contributed by atoms with Crippen LogP contribution in [0.4, 0.5) is 13.2 Å². The lowest BCUT2D eigenvalue weighted by molar-refractivity contribution is -0.151. The third-order valence-corrected chi connectivity index (χ3v) is 3.40. The number of rotatable bonds is 5. The predicted molar refractivity (Wildman–Crippen MR) is 68.4 cm³/mol. The van der Waals surface area contributed by atoms with E-state index in [1.54, 1.807) is 0 Å². The average molecular weight is 303 g/mol. The molecule has 0 radical (unpaired) electrons. The quantitative estimate of drug-likeness (QED) is 0.845. The van der Waals surface area contributed by atoms with Crippen LogP contribution in [0.2, 0.25) is 0 Å². The molecule has 116 valence electrons. The van der Waals surface area contributed by atoms with Gasteiger partial charge in [0.15, 0.2) is 0 Å². The van der Waals surface area contributed by atoms with Crippen LogP contribution in [0.15, 0.2) is 24.3 Å². The van der Waals surface area contributed by atoms with Crippen LogP contribution >= 0.6 is 0 Å². The smallest absolute Gasteiger partial charge is 0.416 e. The summed E-state index contributed by atoms with van der Waals surface area (Å²) in [5.74, 6) is -0.359. The van der Waals surface area contributed by atoms with Crippen LogP contribution in [-0.2, 0) is 27.0 Å². The Morgan fingerprint density at radius 1 is 1.38 bits per heavy atom. The van der Waals surface area contributed by atoms with Crippen LogP contribution < -0.4 is 5.32 Å². The van der Waals surface area contributed by atoms with E-state index in [-0.39, 0.29) is 12.5 Å². The molecule has 0 bridgehead atoms. The highest BCUT2D eigenvalue weighted by Gasteiger charge is 2.34. The molecule has 1 aromatic rings. The molecule has 2 rings (SSSR count). The van der Waals surface area contributed by atoms with Crippen LogP contribution in [0.3, 0.4) is 0 Å². The van der Waals surface area contributed by atoms with E-state index in [0.29, 0.717) is 18.8 Å². The van der Waals surface area contributed by atoms with Crippen molar-refractivity contribution in [3.05, 3.63) is 35.4 Å². The van der Waals surface area contributed by atoms with E-state index in [4.69, 9.17) is 9.47 Å². The molecule has 1 atom stereocenters. The molecule has 4 nitrogen and oxygen atoms in total. The fraction of sp³-hybridized carbons (Fsp3) is 0.500. The molecule has 1 saturated heterocycles. The molecule has 21 heavy (non-hydrogen) atoms. The number of carbonyl (C=O) groups excluding carboxylic acids is 1. The van der Waals surface area contributed by atoms with Crippen LogP contribution in [0.1, 0.15) is 11.1 Å². The maximum atomic E-state index is 12.5. The first kappa shape index (κ1) is 15.8. The molecule has 0 aliphatic carbocycles. The summed E-state index contributed by atoms with van der Waals surface area (Å²) in [6.45, 7) is 1.23. The number of esters is 1. The van der Waals surface area contributed by atoms with Gasteiger partial charge in [-0.15, -0.1) is 0 Å². The molecule has 1 fully saturated rings. The molecule has 0 spiro atoms. The zero-order valence-corrected chi connectivity index (χ0v) is 11.4. The fourth-order valence-electron chi connectivity index (χ4n) is 2.06. The largest absolute Gasteiger partial charge is 0.468 e. The fourth-order valence-corrected chi connectivity index (χ4v) is 2.06. The Kier molecular flexibility index (Phi) is 4.84. The van der Waals surface area contributed by atoms with Gasteiger partial charge in [0.2, 0.25) is 0 Å². The van der Waals surface area contributed by atoms with Gasteiger partial charge in [0.05, 0.1) is 25.9 Å². The van der Waals surface area contributed by atoms with Gasteiger partial charge in [-0.1, -0.05) is 12.1 Å². The summed E-state index contributed by atoms with van der Waals surface area (Å²) in [6.07, 6.45) is -4.34. The Hall–Kier alpha value is -1.60. The van der Waals surface area contributed by atoms with Crippen molar-refractivity contribution in [1.82, 2.24) is 5.32 Å². The summed E-state index contributed by atoms with van der Waals surface area (Å²) < 4.78 is 47.1. The van der Waals surface area contributed by atoms with Crippen LogP contribution in [0.25, 0.3) is 0 Å². The Morgan fingerprint density at radius 3 is 2.43 bits per heavy atom. The maximum absolute atomic E-state index is 12.5. The average Bonchev–Trinajstić information content (AvgIpc) is 2.39. The van der Waals surface area contributed by atoms with Gasteiger partial charge in [-0.25, -0.2) is 0 Å². The van der Waals surface area contributed by atoms with Crippen molar-refractivity contribution >= 4 is 5.97 Å². The molecule has 1 heterocycles. The molecule has 1 unspecified atom stereocenters. The Balaban J connectivity index is 1.95. The number of halogens is 3. The summed E-state index contributed by atoms with van der Waals surface area (Å²) in [5.41, 5.74) is -0.0275. The van der Waals surface area contributed by atoms with E-state index >= 15 is 0 Å². The van der Waals surface area contributed by atoms with E-state index in [1.807, 2.05) is 0 Å². The number of alkyl halides is 3. The molecule has 7 heteroatoms. The second-order valence-electron chi connectivity index (χ2n) is 4.87. The zero-order valence-electron chi connectivity index (χ0n) is 11.4. The monoisotopic (exact) mass is 303 g/mol. The highest BCUT2D eigenvalue weighted by Crippen LogP contribution is 2.29. The summed E-state index contributed by atoms with van der Waals surface area (Å²) in [7, 11) is 1.30. The third-order valence-electron chi connectivity index (χ3n) is 3.40. The maximum Gasteiger partial charge on any atom is 0.416 e. The van der Waals surface area contributed by atoms with Crippen molar-refractivity contribution < 1.29 is 27.4 Å². The predicted octanol–water partition coefficient (Wildman–Crippen LogP) is 1.98. The van der Waals surface area contributed by atoms with Crippen LogP contribution in [0, 0.1) is 5.92 Å². The second-order valence-corrected chi connectivity index (χ2v) is 4.87. The van der Waals surface area contributed by atoms with Crippen molar-refractivity contribution in [1.29, 1.82) is 0 Å². The van der Waals surface area contributed by atoms with Gasteiger partial charge < -0.3 is 9.47 Å². The number of hydrogen-bond acceptors (Lipinski definition) is 4. The summed E-state index contributed by atoms with van der Waals surface area (Å²) in [4.78, 5) is 11.7. The van der Waals surface area contributed by atoms with Crippen molar-refractivity contribution in [2.24, 2.45) is 5.92 Å². The van der Waals surface area contributed by atoms with Crippen molar-refractivity contribution in [2.45, 2.75) is 18.8 Å². The molecule has 0 saturated carbocycles. The van der Waals surface area contributed by atoms with Crippen LogP contribution in [-0.4, -0.2) is 32.3 Å². The Labute approximate surface area is 120 Å². The van der Waals surface area contributed by atoms with Gasteiger partial charge in [-0.05, 0) is 17.7 Å². The van der Waals surface area contributed by atoms with E-state index in [9.17, 15) is 18.0 Å². The third kappa shape index (κ3) is 3.95. The van der Waals surface area contributed by atoms with E-state index in [2.05, 4.69) is 5.32 Å². The van der Waals surface area contributed by atoms with Gasteiger partial charge in [-0.3, -0.25) is 10.1 Å². The number of benzene rings is 1. The first-order valence-corrected chi connectivity index (χ1v) is 6.47.